The summed E-state index contributed by atoms with van der Waals surface area (Å²) in [6.45, 7) is 2.56. The van der Waals surface area contributed by atoms with E-state index in [1.807, 2.05) is 17.6 Å². The molecule has 1 N–H and O–H groups in total. The van der Waals surface area contributed by atoms with Crippen molar-refractivity contribution in [2.45, 2.75) is 13.5 Å². The highest BCUT2D eigenvalue weighted by molar-refractivity contribution is 7.71. The van der Waals surface area contributed by atoms with Gasteiger partial charge >= 0.3 is 0 Å². The Labute approximate surface area is 102 Å². The van der Waals surface area contributed by atoms with Crippen LogP contribution in [0.3, 0.4) is 0 Å². The van der Waals surface area contributed by atoms with Gasteiger partial charge in [0.15, 0.2) is 10.6 Å². The molecule has 0 saturated heterocycles. The number of nitrogens with zero attached hydrogens (tertiary/aromatic N) is 3. The van der Waals surface area contributed by atoms with E-state index in [1.54, 1.807) is 0 Å². The van der Waals surface area contributed by atoms with E-state index in [0.29, 0.717) is 17.1 Å². The van der Waals surface area contributed by atoms with Gasteiger partial charge in [-0.2, -0.15) is 4.98 Å². The monoisotopic (exact) mass is 246 g/mol. The molecule has 0 amide bonds. The lowest BCUT2D eigenvalue weighted by Gasteiger charge is -2.00. The number of aromatic nitrogens is 4. The summed E-state index contributed by atoms with van der Waals surface area (Å²) in [5.74, 6) is 0.613. The number of rotatable bonds is 2. The second-order valence-corrected chi connectivity index (χ2v) is 4.27. The molecule has 0 atom stereocenters. The lowest BCUT2D eigenvalue weighted by atomic mass is 10.2. The van der Waals surface area contributed by atoms with Crippen molar-refractivity contribution in [2.75, 3.05) is 0 Å². The fraction of sp³-hybridized carbons (Fsp3) is 0.182. The lowest BCUT2D eigenvalue weighted by molar-refractivity contribution is 0.408. The average molecular weight is 246 g/mol. The van der Waals surface area contributed by atoms with E-state index >= 15 is 0 Å². The third-order valence-corrected chi connectivity index (χ3v) is 2.96. The number of aryl methyl sites for hydroxylation is 1. The van der Waals surface area contributed by atoms with Crippen LogP contribution in [0.5, 0.6) is 0 Å². The maximum Gasteiger partial charge on any atom is 0.213 e. The molecule has 3 rings (SSSR count). The fourth-order valence-electron chi connectivity index (χ4n) is 1.84. The number of nitrogens with one attached hydrogen (secondary N) is 1. The summed E-state index contributed by atoms with van der Waals surface area (Å²) in [4.78, 5) is 7.17. The van der Waals surface area contributed by atoms with Crippen molar-refractivity contribution in [3.63, 3.8) is 0 Å². The van der Waals surface area contributed by atoms with Crippen molar-refractivity contribution in [3.8, 4) is 0 Å². The summed E-state index contributed by atoms with van der Waals surface area (Å²) in [6, 6.07) is 6.16. The molecule has 6 heteroatoms. The van der Waals surface area contributed by atoms with Gasteiger partial charge in [-0.25, -0.2) is 0 Å². The van der Waals surface area contributed by atoms with Crippen molar-refractivity contribution >= 4 is 23.3 Å². The number of hydrogen-bond donors (Lipinski definition) is 1. The molecule has 2 heterocycles. The zero-order chi connectivity index (χ0) is 11.8. The number of aromatic amines is 1. The third kappa shape index (κ3) is 1.76. The standard InChI is InChI=1S/C11H10N4OS/c1-7-2-3-9-8(4-7)13-11(17)15(9)5-10-12-6-16-14-10/h2-4,6H,5H2,1H3,(H,13,17). The fourth-order valence-corrected chi connectivity index (χ4v) is 2.11. The predicted octanol–water partition coefficient (Wildman–Crippen LogP) is 2.44. The Morgan fingerprint density at radius 3 is 3.12 bits per heavy atom. The molecule has 5 nitrogen and oxygen atoms in total. The molecule has 0 unspecified atom stereocenters. The Hall–Kier alpha value is -1.95. The zero-order valence-electron chi connectivity index (χ0n) is 9.17. The summed E-state index contributed by atoms with van der Waals surface area (Å²) >= 11 is 5.29. The maximum absolute atomic E-state index is 5.29. The molecule has 3 aromatic rings. The Kier molecular flexibility index (Phi) is 2.29. The molecule has 86 valence electrons. The molecule has 0 bridgehead atoms. The van der Waals surface area contributed by atoms with Crippen LogP contribution in [0.4, 0.5) is 0 Å². The first-order valence-corrected chi connectivity index (χ1v) is 5.59. The van der Waals surface area contributed by atoms with Gasteiger partial charge in [0.25, 0.3) is 0 Å². The number of hydrogen-bond acceptors (Lipinski definition) is 4. The molecule has 0 aliphatic heterocycles. The molecular weight excluding hydrogens is 236 g/mol. The highest BCUT2D eigenvalue weighted by Gasteiger charge is 2.07. The van der Waals surface area contributed by atoms with Gasteiger partial charge < -0.3 is 14.1 Å². The van der Waals surface area contributed by atoms with Crippen LogP contribution in [0.2, 0.25) is 0 Å². The molecule has 0 aliphatic carbocycles. The van der Waals surface area contributed by atoms with Crippen LogP contribution in [0, 0.1) is 11.7 Å². The molecule has 0 radical (unpaired) electrons. The molecule has 0 fully saturated rings. The van der Waals surface area contributed by atoms with Gasteiger partial charge in [-0.1, -0.05) is 11.2 Å². The van der Waals surface area contributed by atoms with E-state index in [2.05, 4.69) is 27.3 Å². The molecule has 0 spiro atoms. The van der Waals surface area contributed by atoms with Gasteiger partial charge in [-0.15, -0.1) is 0 Å². The first-order chi connectivity index (χ1) is 8.24. The summed E-state index contributed by atoms with van der Waals surface area (Å²) in [5.41, 5.74) is 3.27. The highest BCUT2D eigenvalue weighted by Crippen LogP contribution is 2.16. The Morgan fingerprint density at radius 1 is 1.47 bits per heavy atom. The molecule has 1 aromatic carbocycles. The number of H-pyrrole nitrogens is 1. The Bertz CT molecular complexity index is 711. The van der Waals surface area contributed by atoms with Crippen molar-refractivity contribution in [1.82, 2.24) is 19.7 Å². The number of imidazole rings is 1. The lowest BCUT2D eigenvalue weighted by Crippen LogP contribution is -2.01. The molecule has 2 aromatic heterocycles. The Morgan fingerprint density at radius 2 is 2.35 bits per heavy atom. The van der Waals surface area contributed by atoms with Crippen molar-refractivity contribution in [1.29, 1.82) is 0 Å². The minimum absolute atomic E-state index is 0.512. The topological polar surface area (TPSA) is 59.6 Å². The van der Waals surface area contributed by atoms with E-state index in [-0.39, 0.29) is 0 Å². The highest BCUT2D eigenvalue weighted by atomic mass is 32.1. The van der Waals surface area contributed by atoms with Crippen LogP contribution in [0.15, 0.2) is 29.1 Å². The van der Waals surface area contributed by atoms with E-state index in [4.69, 9.17) is 16.7 Å². The van der Waals surface area contributed by atoms with Crippen molar-refractivity contribution < 1.29 is 4.52 Å². The van der Waals surface area contributed by atoms with E-state index in [9.17, 15) is 0 Å². The minimum Gasteiger partial charge on any atom is -0.343 e. The summed E-state index contributed by atoms with van der Waals surface area (Å²) in [6.07, 6.45) is 1.32. The quantitative estimate of drug-likeness (QED) is 0.705. The SMILES string of the molecule is Cc1ccc2c(c1)[nH]c(=S)n2Cc1ncon1. The van der Waals surface area contributed by atoms with Crippen LogP contribution in [0.25, 0.3) is 11.0 Å². The van der Waals surface area contributed by atoms with Gasteiger partial charge in [-0.05, 0) is 36.8 Å². The second-order valence-electron chi connectivity index (χ2n) is 3.88. The van der Waals surface area contributed by atoms with Crippen LogP contribution in [-0.2, 0) is 6.54 Å². The Balaban J connectivity index is 2.16. The van der Waals surface area contributed by atoms with Gasteiger partial charge in [0.05, 0.1) is 17.6 Å². The third-order valence-electron chi connectivity index (χ3n) is 2.64. The molecular formula is C11H10N4OS. The molecule has 0 saturated carbocycles. The minimum atomic E-state index is 0.512. The number of benzene rings is 1. The van der Waals surface area contributed by atoms with Gasteiger partial charge in [0, 0.05) is 0 Å². The van der Waals surface area contributed by atoms with Gasteiger partial charge in [-0.3, -0.25) is 0 Å². The zero-order valence-corrected chi connectivity index (χ0v) is 9.99. The number of fused-ring (bicyclic) bond motifs is 1. The van der Waals surface area contributed by atoms with Crippen molar-refractivity contribution in [2.24, 2.45) is 0 Å². The van der Waals surface area contributed by atoms with Crippen molar-refractivity contribution in [3.05, 3.63) is 40.8 Å². The normalized spacial score (nSPS) is 11.1. The van der Waals surface area contributed by atoms with Gasteiger partial charge in [0.1, 0.15) is 0 Å². The predicted molar refractivity (Wildman–Crippen MR) is 65.3 cm³/mol. The van der Waals surface area contributed by atoms with Gasteiger partial charge in [0.2, 0.25) is 6.39 Å². The van der Waals surface area contributed by atoms with Crippen LogP contribution >= 0.6 is 12.2 Å². The summed E-state index contributed by atoms with van der Waals surface area (Å²) in [7, 11) is 0. The van der Waals surface area contributed by atoms with E-state index < -0.39 is 0 Å². The van der Waals surface area contributed by atoms with E-state index in [0.717, 1.165) is 11.0 Å². The van der Waals surface area contributed by atoms with Crippen LogP contribution in [0.1, 0.15) is 11.4 Å². The molecule has 17 heavy (non-hydrogen) atoms. The molecule has 0 aliphatic rings. The summed E-state index contributed by atoms with van der Waals surface area (Å²) < 4.78 is 7.33. The maximum atomic E-state index is 5.29. The average Bonchev–Trinajstić information content (AvgIpc) is 2.88. The largest absolute Gasteiger partial charge is 0.343 e. The first kappa shape index (κ1) is 10.2. The van der Waals surface area contributed by atoms with Crippen LogP contribution < -0.4 is 0 Å². The van der Waals surface area contributed by atoms with E-state index in [1.165, 1.54) is 12.0 Å². The van der Waals surface area contributed by atoms with Crippen LogP contribution in [-0.4, -0.2) is 19.7 Å². The first-order valence-electron chi connectivity index (χ1n) is 5.18. The second kappa shape index (κ2) is 3.81. The summed E-state index contributed by atoms with van der Waals surface area (Å²) in [5, 5.41) is 3.79. The smallest absolute Gasteiger partial charge is 0.213 e.